The zero-order valence-electron chi connectivity index (χ0n) is 12.6. The van der Waals surface area contributed by atoms with Crippen LogP contribution in [0.1, 0.15) is 9.67 Å². The second kappa shape index (κ2) is 5.88. The third kappa shape index (κ3) is 2.63. The molecule has 0 spiro atoms. The van der Waals surface area contributed by atoms with Gasteiger partial charge in [0.25, 0.3) is 11.5 Å². The van der Waals surface area contributed by atoms with Gasteiger partial charge in [-0.25, -0.2) is 9.18 Å². The summed E-state index contributed by atoms with van der Waals surface area (Å²) >= 11 is 6.70. The van der Waals surface area contributed by atoms with E-state index in [1.165, 1.54) is 36.9 Å². The molecule has 1 aromatic carbocycles. The van der Waals surface area contributed by atoms with E-state index in [0.29, 0.717) is 10.5 Å². The van der Waals surface area contributed by atoms with Gasteiger partial charge in [-0.15, -0.1) is 11.3 Å². The van der Waals surface area contributed by atoms with E-state index in [0.717, 1.165) is 22.0 Å². The molecule has 0 aliphatic heterocycles. The quantitative estimate of drug-likeness (QED) is 0.755. The van der Waals surface area contributed by atoms with E-state index in [4.69, 9.17) is 11.6 Å². The Morgan fingerprint density at radius 1 is 1.21 bits per heavy atom. The topological polar surface area (TPSA) is 73.1 Å². The molecule has 1 amide bonds. The number of rotatable bonds is 2. The molecule has 0 saturated heterocycles. The van der Waals surface area contributed by atoms with Crippen molar-refractivity contribution in [2.45, 2.75) is 0 Å². The van der Waals surface area contributed by atoms with E-state index in [1.807, 2.05) is 0 Å². The van der Waals surface area contributed by atoms with Crippen molar-refractivity contribution in [2.75, 3.05) is 5.32 Å². The lowest BCUT2D eigenvalue weighted by atomic mass is 10.3. The number of amides is 1. The Bertz CT molecular complexity index is 1100. The molecule has 0 aliphatic rings. The highest BCUT2D eigenvalue weighted by Crippen LogP contribution is 2.24. The van der Waals surface area contributed by atoms with Crippen molar-refractivity contribution in [1.82, 2.24) is 9.13 Å². The minimum atomic E-state index is -0.588. The third-order valence-electron chi connectivity index (χ3n) is 3.53. The predicted molar refractivity (Wildman–Crippen MR) is 91.7 cm³/mol. The molecule has 2 heterocycles. The average molecular weight is 368 g/mol. The summed E-state index contributed by atoms with van der Waals surface area (Å²) in [6, 6.07) is 5.24. The van der Waals surface area contributed by atoms with Crippen molar-refractivity contribution >= 4 is 44.7 Å². The van der Waals surface area contributed by atoms with Crippen LogP contribution in [0.15, 0.2) is 33.9 Å². The van der Waals surface area contributed by atoms with Crippen LogP contribution < -0.4 is 16.6 Å². The number of halogens is 2. The summed E-state index contributed by atoms with van der Waals surface area (Å²) in [7, 11) is 2.91. The number of hydrogen-bond donors (Lipinski definition) is 1. The maximum absolute atomic E-state index is 13.2. The lowest BCUT2D eigenvalue weighted by molar-refractivity contribution is 0.103. The van der Waals surface area contributed by atoms with Gasteiger partial charge in [0.15, 0.2) is 0 Å². The molecule has 0 bridgehead atoms. The summed E-state index contributed by atoms with van der Waals surface area (Å²) in [5.41, 5.74) is -0.606. The van der Waals surface area contributed by atoms with Gasteiger partial charge < -0.3 is 5.32 Å². The first-order valence-corrected chi connectivity index (χ1v) is 7.95. The summed E-state index contributed by atoms with van der Waals surface area (Å²) in [6.45, 7) is 0. The third-order valence-corrected chi connectivity index (χ3v) is 5.03. The number of anilines is 1. The maximum atomic E-state index is 13.2. The van der Waals surface area contributed by atoms with E-state index in [1.54, 1.807) is 0 Å². The van der Waals surface area contributed by atoms with Crippen molar-refractivity contribution in [3.05, 3.63) is 60.8 Å². The molecule has 0 saturated carbocycles. The first-order valence-electron chi connectivity index (χ1n) is 6.75. The van der Waals surface area contributed by atoms with Crippen LogP contribution in [0.3, 0.4) is 0 Å². The van der Waals surface area contributed by atoms with E-state index in [-0.39, 0.29) is 15.3 Å². The van der Waals surface area contributed by atoms with Crippen LogP contribution in [0.2, 0.25) is 5.02 Å². The summed E-state index contributed by atoms with van der Waals surface area (Å²) in [6.07, 6.45) is 0. The fourth-order valence-corrected chi connectivity index (χ4v) is 3.42. The van der Waals surface area contributed by atoms with E-state index < -0.39 is 23.0 Å². The van der Waals surface area contributed by atoms with E-state index in [2.05, 4.69) is 5.32 Å². The maximum Gasteiger partial charge on any atom is 0.331 e. The second-order valence-corrected chi connectivity index (χ2v) is 6.56. The van der Waals surface area contributed by atoms with Gasteiger partial charge >= 0.3 is 5.69 Å². The number of carbonyl (C=O) groups is 1. The lowest BCUT2D eigenvalue weighted by Gasteiger charge is -2.04. The highest BCUT2D eigenvalue weighted by atomic mass is 35.5. The predicted octanol–water partition coefficient (Wildman–Crippen LogP) is 2.34. The minimum absolute atomic E-state index is 0.111. The standard InChI is InChI=1S/C15H11ClFN3O3S/c1-19-13(22)8-6-11(24-14(8)20(2)15(19)23)12(21)18-7-3-4-10(17)9(16)5-7/h3-6H,1-2H3,(H,18,21). The summed E-state index contributed by atoms with van der Waals surface area (Å²) in [5, 5.41) is 2.75. The van der Waals surface area contributed by atoms with Gasteiger partial charge in [0.1, 0.15) is 10.6 Å². The Balaban J connectivity index is 2.03. The number of nitrogens with one attached hydrogen (secondary N) is 1. The molecule has 0 aliphatic carbocycles. The van der Waals surface area contributed by atoms with Crippen molar-refractivity contribution in [1.29, 1.82) is 0 Å². The zero-order valence-corrected chi connectivity index (χ0v) is 14.2. The molecule has 6 nitrogen and oxygen atoms in total. The van der Waals surface area contributed by atoms with Crippen LogP contribution in [0.25, 0.3) is 10.2 Å². The number of aryl methyl sites for hydroxylation is 1. The number of nitrogens with zero attached hydrogens (tertiary/aromatic N) is 2. The van der Waals surface area contributed by atoms with Crippen LogP contribution in [-0.4, -0.2) is 15.0 Å². The van der Waals surface area contributed by atoms with Gasteiger partial charge in [-0.1, -0.05) is 11.6 Å². The Labute approximate surface area is 143 Å². The Morgan fingerprint density at radius 3 is 2.58 bits per heavy atom. The van der Waals surface area contributed by atoms with Gasteiger partial charge in [0, 0.05) is 19.8 Å². The largest absolute Gasteiger partial charge is 0.331 e. The van der Waals surface area contributed by atoms with Gasteiger partial charge in [0.2, 0.25) is 0 Å². The molecule has 2 aromatic heterocycles. The van der Waals surface area contributed by atoms with Gasteiger partial charge in [-0.2, -0.15) is 0 Å². The van der Waals surface area contributed by atoms with E-state index in [9.17, 15) is 18.8 Å². The zero-order chi connectivity index (χ0) is 17.6. The summed E-state index contributed by atoms with van der Waals surface area (Å²) in [5.74, 6) is -1.07. The lowest BCUT2D eigenvalue weighted by Crippen LogP contribution is -2.36. The summed E-state index contributed by atoms with van der Waals surface area (Å²) in [4.78, 5) is 37.1. The molecule has 3 aromatic rings. The summed E-state index contributed by atoms with van der Waals surface area (Å²) < 4.78 is 15.4. The average Bonchev–Trinajstić information content (AvgIpc) is 3.00. The Morgan fingerprint density at radius 2 is 1.92 bits per heavy atom. The van der Waals surface area contributed by atoms with Crippen LogP contribution in [0.4, 0.5) is 10.1 Å². The van der Waals surface area contributed by atoms with Crippen molar-refractivity contribution < 1.29 is 9.18 Å². The molecule has 0 fully saturated rings. The second-order valence-electron chi connectivity index (χ2n) is 5.12. The van der Waals surface area contributed by atoms with Crippen LogP contribution in [0.5, 0.6) is 0 Å². The van der Waals surface area contributed by atoms with Gasteiger partial charge in [-0.3, -0.25) is 18.7 Å². The fourth-order valence-electron chi connectivity index (χ4n) is 2.24. The van der Waals surface area contributed by atoms with Crippen LogP contribution in [-0.2, 0) is 14.1 Å². The van der Waals surface area contributed by atoms with Crippen molar-refractivity contribution in [3.8, 4) is 0 Å². The molecule has 124 valence electrons. The molecular formula is C15H11ClFN3O3S. The molecular weight excluding hydrogens is 357 g/mol. The molecule has 24 heavy (non-hydrogen) atoms. The Hall–Kier alpha value is -2.45. The number of aromatic nitrogens is 2. The van der Waals surface area contributed by atoms with E-state index >= 15 is 0 Å². The highest BCUT2D eigenvalue weighted by molar-refractivity contribution is 7.20. The normalized spacial score (nSPS) is 11.0. The minimum Gasteiger partial charge on any atom is -0.321 e. The fraction of sp³-hybridized carbons (Fsp3) is 0.133. The monoisotopic (exact) mass is 367 g/mol. The molecule has 0 atom stereocenters. The van der Waals surface area contributed by atoms with Crippen LogP contribution in [0, 0.1) is 5.82 Å². The molecule has 9 heteroatoms. The number of hydrogen-bond acceptors (Lipinski definition) is 4. The van der Waals surface area contributed by atoms with Crippen molar-refractivity contribution in [2.24, 2.45) is 14.1 Å². The highest BCUT2D eigenvalue weighted by Gasteiger charge is 2.17. The smallest absolute Gasteiger partial charge is 0.321 e. The Kier molecular flexibility index (Phi) is 4.02. The molecule has 1 N–H and O–H groups in total. The van der Waals surface area contributed by atoms with Gasteiger partial charge in [0.05, 0.1) is 15.3 Å². The number of carbonyl (C=O) groups excluding carboxylic acids is 1. The number of thiophene rings is 1. The SMILES string of the molecule is Cn1c(=O)c2cc(C(=O)Nc3ccc(F)c(Cl)c3)sc2n(C)c1=O. The van der Waals surface area contributed by atoms with Gasteiger partial charge in [-0.05, 0) is 24.3 Å². The molecule has 3 rings (SSSR count). The van der Waals surface area contributed by atoms with Crippen molar-refractivity contribution in [3.63, 3.8) is 0 Å². The number of benzene rings is 1. The first-order chi connectivity index (χ1) is 11.3. The molecule has 0 unspecified atom stereocenters. The number of fused-ring (bicyclic) bond motifs is 1. The van der Waals surface area contributed by atoms with Crippen LogP contribution >= 0.6 is 22.9 Å². The first kappa shape index (κ1) is 16.4. The molecule has 0 radical (unpaired) electrons.